The van der Waals surface area contributed by atoms with Crippen LogP contribution in [-0.4, -0.2) is 51.1 Å². The first-order chi connectivity index (χ1) is 8.29. The van der Waals surface area contributed by atoms with Crippen LogP contribution in [0.3, 0.4) is 0 Å². The first kappa shape index (κ1) is 15.1. The molecule has 0 saturated heterocycles. The fraction of sp³-hybridized carbons (Fsp3) is 0.500. The minimum atomic E-state index is -3.12. The summed E-state index contributed by atoms with van der Waals surface area (Å²) in [6, 6.07) is 6.30. The standard InChI is InChI=1S/C12H19FN2O2S/c1-14(8-9-15(2)18(3,16)17)10-11-4-6-12(13)7-5-11/h4-7H,8-10H2,1-3H3. The average Bonchev–Trinajstić information content (AvgIpc) is 2.28. The van der Waals surface area contributed by atoms with E-state index in [1.54, 1.807) is 19.2 Å². The first-order valence-electron chi connectivity index (χ1n) is 5.63. The van der Waals surface area contributed by atoms with Crippen LogP contribution >= 0.6 is 0 Å². The van der Waals surface area contributed by atoms with Crippen molar-refractivity contribution in [3.63, 3.8) is 0 Å². The van der Waals surface area contributed by atoms with Crippen LogP contribution in [0.4, 0.5) is 4.39 Å². The zero-order chi connectivity index (χ0) is 13.8. The van der Waals surface area contributed by atoms with Crippen molar-refractivity contribution in [2.24, 2.45) is 0 Å². The van der Waals surface area contributed by atoms with Crippen LogP contribution in [-0.2, 0) is 16.6 Å². The Bertz CT molecular complexity index is 473. The van der Waals surface area contributed by atoms with E-state index in [1.807, 2.05) is 11.9 Å². The Morgan fingerprint density at radius 2 is 1.67 bits per heavy atom. The largest absolute Gasteiger partial charge is 0.301 e. The topological polar surface area (TPSA) is 40.6 Å². The molecule has 0 bridgehead atoms. The van der Waals surface area contributed by atoms with Crippen molar-refractivity contribution in [3.05, 3.63) is 35.6 Å². The second kappa shape index (κ2) is 6.26. The van der Waals surface area contributed by atoms with Crippen molar-refractivity contribution in [1.29, 1.82) is 0 Å². The van der Waals surface area contributed by atoms with Crippen LogP contribution in [0, 0.1) is 5.82 Å². The Kier molecular flexibility index (Phi) is 5.25. The summed E-state index contributed by atoms with van der Waals surface area (Å²) in [6.07, 6.45) is 1.19. The number of sulfonamides is 1. The monoisotopic (exact) mass is 274 g/mol. The molecule has 0 aromatic heterocycles. The number of hydrogen-bond donors (Lipinski definition) is 0. The molecule has 0 radical (unpaired) electrons. The van der Waals surface area contributed by atoms with Gasteiger partial charge in [-0.25, -0.2) is 17.1 Å². The molecule has 0 amide bonds. The molecule has 1 aromatic carbocycles. The normalized spacial score (nSPS) is 12.3. The number of rotatable bonds is 6. The van der Waals surface area contributed by atoms with Gasteiger partial charge in [-0.1, -0.05) is 12.1 Å². The molecule has 18 heavy (non-hydrogen) atoms. The summed E-state index contributed by atoms with van der Waals surface area (Å²) >= 11 is 0. The molecule has 1 aromatic rings. The highest BCUT2D eigenvalue weighted by Crippen LogP contribution is 2.05. The highest BCUT2D eigenvalue weighted by atomic mass is 32.2. The van der Waals surface area contributed by atoms with Gasteiger partial charge >= 0.3 is 0 Å². The third kappa shape index (κ3) is 5.12. The maximum atomic E-state index is 12.7. The lowest BCUT2D eigenvalue weighted by molar-refractivity contribution is 0.301. The zero-order valence-electron chi connectivity index (χ0n) is 10.9. The summed E-state index contributed by atoms with van der Waals surface area (Å²) in [5.74, 6) is -0.252. The molecule has 0 aliphatic rings. The van der Waals surface area contributed by atoms with Gasteiger partial charge in [0.25, 0.3) is 0 Å². The Morgan fingerprint density at radius 1 is 1.11 bits per heavy atom. The second-order valence-corrected chi connectivity index (χ2v) is 6.54. The Balaban J connectivity index is 2.43. The number of nitrogens with zero attached hydrogens (tertiary/aromatic N) is 2. The van der Waals surface area contributed by atoms with Crippen molar-refractivity contribution < 1.29 is 12.8 Å². The molecule has 0 fully saturated rings. The third-order valence-corrected chi connectivity index (χ3v) is 4.04. The number of likely N-dealkylation sites (N-methyl/N-ethyl adjacent to an activating group) is 2. The quantitative estimate of drug-likeness (QED) is 0.781. The van der Waals surface area contributed by atoms with Crippen LogP contribution < -0.4 is 0 Å². The van der Waals surface area contributed by atoms with Crippen molar-refractivity contribution in [2.75, 3.05) is 33.4 Å². The van der Waals surface area contributed by atoms with Gasteiger partial charge in [-0.3, -0.25) is 0 Å². The molecule has 102 valence electrons. The SMILES string of the molecule is CN(CCN(C)S(C)(=O)=O)Cc1ccc(F)cc1. The van der Waals surface area contributed by atoms with Gasteiger partial charge in [0.05, 0.1) is 6.26 Å². The summed E-state index contributed by atoms with van der Waals surface area (Å²) in [7, 11) is 0.339. The number of halogens is 1. The zero-order valence-corrected chi connectivity index (χ0v) is 11.7. The Hall–Kier alpha value is -0.980. The van der Waals surface area contributed by atoms with Gasteiger partial charge in [0.2, 0.25) is 10.0 Å². The van der Waals surface area contributed by atoms with E-state index in [2.05, 4.69) is 0 Å². The van der Waals surface area contributed by atoms with Crippen molar-refractivity contribution in [1.82, 2.24) is 9.21 Å². The first-order valence-corrected chi connectivity index (χ1v) is 7.48. The molecule has 0 spiro atoms. The number of hydrogen-bond acceptors (Lipinski definition) is 3. The van der Waals surface area contributed by atoms with Crippen LogP contribution in [0.5, 0.6) is 0 Å². The molecule has 0 unspecified atom stereocenters. The maximum absolute atomic E-state index is 12.7. The molecule has 0 heterocycles. The lowest BCUT2D eigenvalue weighted by Crippen LogP contribution is -2.33. The minimum absolute atomic E-state index is 0.252. The molecule has 6 heteroatoms. The molecule has 0 N–H and O–H groups in total. The van der Waals surface area contributed by atoms with E-state index >= 15 is 0 Å². The molecular formula is C12H19FN2O2S. The molecular weight excluding hydrogens is 255 g/mol. The van der Waals surface area contributed by atoms with E-state index in [1.165, 1.54) is 22.7 Å². The van der Waals surface area contributed by atoms with E-state index in [4.69, 9.17) is 0 Å². The van der Waals surface area contributed by atoms with Gasteiger partial charge in [0.1, 0.15) is 5.82 Å². The predicted octanol–water partition coefficient (Wildman–Crippen LogP) is 1.15. The van der Waals surface area contributed by atoms with Gasteiger partial charge in [-0.15, -0.1) is 0 Å². The van der Waals surface area contributed by atoms with Gasteiger partial charge in [-0.2, -0.15) is 0 Å². The average molecular weight is 274 g/mol. The highest BCUT2D eigenvalue weighted by Gasteiger charge is 2.11. The molecule has 0 aliphatic heterocycles. The van der Waals surface area contributed by atoms with E-state index in [0.29, 0.717) is 19.6 Å². The van der Waals surface area contributed by atoms with E-state index < -0.39 is 10.0 Å². The van der Waals surface area contributed by atoms with Gasteiger partial charge in [-0.05, 0) is 24.7 Å². The third-order valence-electron chi connectivity index (χ3n) is 2.73. The maximum Gasteiger partial charge on any atom is 0.210 e. The summed E-state index contributed by atoms with van der Waals surface area (Å²) in [6.45, 7) is 1.73. The lowest BCUT2D eigenvalue weighted by atomic mass is 10.2. The van der Waals surface area contributed by atoms with E-state index in [9.17, 15) is 12.8 Å². The van der Waals surface area contributed by atoms with Crippen molar-refractivity contribution >= 4 is 10.0 Å². The summed E-state index contributed by atoms with van der Waals surface area (Å²) in [5.41, 5.74) is 1.00. The smallest absolute Gasteiger partial charge is 0.210 e. The van der Waals surface area contributed by atoms with Crippen molar-refractivity contribution in [2.45, 2.75) is 6.54 Å². The van der Waals surface area contributed by atoms with Crippen LogP contribution in [0.15, 0.2) is 24.3 Å². The fourth-order valence-corrected chi connectivity index (χ4v) is 1.87. The Labute approximate surface area is 108 Å². The number of benzene rings is 1. The van der Waals surface area contributed by atoms with Gasteiger partial charge < -0.3 is 4.90 Å². The van der Waals surface area contributed by atoms with Crippen LogP contribution in [0.25, 0.3) is 0 Å². The van der Waals surface area contributed by atoms with Gasteiger partial charge in [0.15, 0.2) is 0 Å². The van der Waals surface area contributed by atoms with E-state index in [-0.39, 0.29) is 5.82 Å². The fourth-order valence-electron chi connectivity index (χ4n) is 1.46. The minimum Gasteiger partial charge on any atom is -0.301 e. The summed E-state index contributed by atoms with van der Waals surface area (Å²) < 4.78 is 36.4. The van der Waals surface area contributed by atoms with Gasteiger partial charge in [0, 0.05) is 26.7 Å². The molecule has 0 saturated carbocycles. The highest BCUT2D eigenvalue weighted by molar-refractivity contribution is 7.88. The summed E-state index contributed by atoms with van der Waals surface area (Å²) in [4.78, 5) is 1.99. The predicted molar refractivity (Wildman–Crippen MR) is 70.2 cm³/mol. The van der Waals surface area contributed by atoms with Crippen molar-refractivity contribution in [3.8, 4) is 0 Å². The summed E-state index contributed by atoms with van der Waals surface area (Å²) in [5, 5.41) is 0. The molecule has 1 rings (SSSR count). The Morgan fingerprint density at radius 3 is 2.17 bits per heavy atom. The lowest BCUT2D eigenvalue weighted by Gasteiger charge is -2.20. The molecule has 0 atom stereocenters. The van der Waals surface area contributed by atoms with Crippen LogP contribution in [0.1, 0.15) is 5.56 Å². The van der Waals surface area contributed by atoms with Crippen LogP contribution in [0.2, 0.25) is 0 Å². The van der Waals surface area contributed by atoms with E-state index in [0.717, 1.165) is 5.56 Å². The molecule has 0 aliphatic carbocycles. The molecule has 4 nitrogen and oxygen atoms in total. The second-order valence-electron chi connectivity index (χ2n) is 4.45.